The van der Waals surface area contributed by atoms with Crippen LogP contribution in [-0.2, 0) is 4.74 Å². The van der Waals surface area contributed by atoms with Gasteiger partial charge < -0.3 is 9.84 Å². The molecule has 1 aliphatic rings. The molecule has 76 valence electrons. The van der Waals surface area contributed by atoms with Crippen LogP contribution in [0.15, 0.2) is 11.6 Å². The zero-order valence-electron chi connectivity index (χ0n) is 8.84. The summed E-state index contributed by atoms with van der Waals surface area (Å²) in [5, 5.41) is 9.24. The highest BCUT2D eigenvalue weighted by molar-refractivity contribution is 4.95. The summed E-state index contributed by atoms with van der Waals surface area (Å²) in [6.45, 7) is 6.29. The molecule has 13 heavy (non-hydrogen) atoms. The third kappa shape index (κ3) is 3.49. The summed E-state index contributed by atoms with van der Waals surface area (Å²) in [5.74, 6) is 0. The molecule has 1 fully saturated rings. The Bertz CT molecular complexity index is 194. The molecule has 1 heterocycles. The summed E-state index contributed by atoms with van der Waals surface area (Å²) >= 11 is 0. The van der Waals surface area contributed by atoms with Gasteiger partial charge in [-0.15, -0.1) is 0 Å². The summed E-state index contributed by atoms with van der Waals surface area (Å²) < 4.78 is 5.46. The van der Waals surface area contributed by atoms with Gasteiger partial charge in [0.2, 0.25) is 0 Å². The van der Waals surface area contributed by atoms with E-state index in [-0.39, 0.29) is 5.60 Å². The van der Waals surface area contributed by atoms with Crippen molar-refractivity contribution in [1.29, 1.82) is 0 Å². The normalized spacial score (nSPS) is 33.4. The van der Waals surface area contributed by atoms with E-state index in [1.807, 2.05) is 0 Å². The zero-order chi connectivity index (χ0) is 9.90. The smallest absolute Gasteiger partial charge is 0.155 e. The number of aliphatic hydroxyl groups is 1. The van der Waals surface area contributed by atoms with Crippen molar-refractivity contribution in [3.63, 3.8) is 0 Å². The maximum Gasteiger partial charge on any atom is 0.155 e. The number of hydrogen-bond acceptors (Lipinski definition) is 2. The fourth-order valence-electron chi connectivity index (χ4n) is 1.73. The van der Waals surface area contributed by atoms with Crippen molar-refractivity contribution in [2.24, 2.45) is 0 Å². The Kier molecular flexibility index (Phi) is 3.51. The summed E-state index contributed by atoms with van der Waals surface area (Å²) in [7, 11) is 0. The van der Waals surface area contributed by atoms with E-state index in [0.717, 1.165) is 25.7 Å². The second kappa shape index (κ2) is 4.25. The highest BCUT2D eigenvalue weighted by Gasteiger charge is 2.34. The molecule has 0 radical (unpaired) electrons. The fourth-order valence-corrected chi connectivity index (χ4v) is 1.73. The lowest BCUT2D eigenvalue weighted by atomic mass is 9.96. The van der Waals surface area contributed by atoms with Crippen molar-refractivity contribution < 1.29 is 9.84 Å². The SMILES string of the molecule is CC(C)=CCCC1(C)CCC(O)O1. The van der Waals surface area contributed by atoms with Crippen molar-refractivity contribution in [2.45, 2.75) is 58.3 Å². The summed E-state index contributed by atoms with van der Waals surface area (Å²) in [5.41, 5.74) is 1.26. The first-order chi connectivity index (χ1) is 6.02. The molecular formula is C11H20O2. The lowest BCUT2D eigenvalue weighted by Gasteiger charge is -2.22. The number of aliphatic hydroxyl groups excluding tert-OH is 1. The lowest BCUT2D eigenvalue weighted by Crippen LogP contribution is -2.24. The quantitative estimate of drug-likeness (QED) is 0.683. The third-order valence-electron chi connectivity index (χ3n) is 2.57. The van der Waals surface area contributed by atoms with Gasteiger partial charge in [0.1, 0.15) is 0 Å². The van der Waals surface area contributed by atoms with Crippen molar-refractivity contribution in [3.8, 4) is 0 Å². The highest BCUT2D eigenvalue weighted by Crippen LogP contribution is 2.32. The van der Waals surface area contributed by atoms with Crippen LogP contribution < -0.4 is 0 Å². The maximum absolute atomic E-state index is 9.24. The number of allylic oxidation sites excluding steroid dienone is 2. The molecular weight excluding hydrogens is 164 g/mol. The monoisotopic (exact) mass is 184 g/mol. The average molecular weight is 184 g/mol. The van der Waals surface area contributed by atoms with E-state index >= 15 is 0 Å². The second-order valence-corrected chi connectivity index (χ2v) is 4.38. The van der Waals surface area contributed by atoms with Gasteiger partial charge in [-0.1, -0.05) is 11.6 Å². The van der Waals surface area contributed by atoms with Crippen LogP contribution in [0.4, 0.5) is 0 Å². The van der Waals surface area contributed by atoms with Crippen LogP contribution in [0, 0.1) is 0 Å². The van der Waals surface area contributed by atoms with E-state index < -0.39 is 6.29 Å². The first-order valence-corrected chi connectivity index (χ1v) is 5.01. The molecule has 1 aliphatic heterocycles. The Morgan fingerprint density at radius 1 is 1.62 bits per heavy atom. The Morgan fingerprint density at radius 2 is 2.31 bits per heavy atom. The van der Waals surface area contributed by atoms with Crippen LogP contribution >= 0.6 is 0 Å². The molecule has 1 rings (SSSR count). The van der Waals surface area contributed by atoms with Gasteiger partial charge in [0.05, 0.1) is 5.60 Å². The highest BCUT2D eigenvalue weighted by atomic mass is 16.6. The molecule has 1 N–H and O–H groups in total. The molecule has 0 aromatic heterocycles. The molecule has 2 nitrogen and oxygen atoms in total. The predicted octanol–water partition coefficient (Wildman–Crippen LogP) is 2.62. The van der Waals surface area contributed by atoms with Gasteiger partial charge in [-0.25, -0.2) is 0 Å². The minimum atomic E-state index is -0.531. The van der Waals surface area contributed by atoms with Crippen LogP contribution in [0.2, 0.25) is 0 Å². The van der Waals surface area contributed by atoms with Gasteiger partial charge in [0.15, 0.2) is 6.29 Å². The zero-order valence-corrected chi connectivity index (χ0v) is 8.84. The fraction of sp³-hybridized carbons (Fsp3) is 0.818. The standard InChI is InChI=1S/C11H20O2/c1-9(2)5-4-7-11(3)8-6-10(12)13-11/h5,10,12H,4,6-8H2,1-3H3. The summed E-state index contributed by atoms with van der Waals surface area (Å²) in [6, 6.07) is 0. The molecule has 0 aromatic carbocycles. The summed E-state index contributed by atoms with van der Waals surface area (Å²) in [6.07, 6.45) is 5.51. The van der Waals surface area contributed by atoms with E-state index in [1.165, 1.54) is 5.57 Å². The Labute approximate surface area is 80.6 Å². The van der Waals surface area contributed by atoms with E-state index in [1.54, 1.807) is 0 Å². The van der Waals surface area contributed by atoms with Crippen LogP contribution in [0.5, 0.6) is 0 Å². The lowest BCUT2D eigenvalue weighted by molar-refractivity contribution is -0.132. The molecule has 0 bridgehead atoms. The van der Waals surface area contributed by atoms with Crippen molar-refractivity contribution in [2.75, 3.05) is 0 Å². The van der Waals surface area contributed by atoms with Crippen LogP contribution in [-0.4, -0.2) is 17.0 Å². The van der Waals surface area contributed by atoms with Crippen LogP contribution in [0.25, 0.3) is 0 Å². The molecule has 0 aromatic rings. The number of hydrogen-bond donors (Lipinski definition) is 1. The minimum Gasteiger partial charge on any atom is -0.368 e. The molecule has 1 saturated heterocycles. The third-order valence-corrected chi connectivity index (χ3v) is 2.57. The maximum atomic E-state index is 9.24. The van der Waals surface area contributed by atoms with Crippen LogP contribution in [0.1, 0.15) is 46.5 Å². The second-order valence-electron chi connectivity index (χ2n) is 4.38. The van der Waals surface area contributed by atoms with E-state index in [0.29, 0.717) is 0 Å². The van der Waals surface area contributed by atoms with Gasteiger partial charge in [-0.2, -0.15) is 0 Å². The first-order valence-electron chi connectivity index (χ1n) is 5.01. The molecule has 2 atom stereocenters. The van der Waals surface area contributed by atoms with Crippen molar-refractivity contribution in [1.82, 2.24) is 0 Å². The Balaban J connectivity index is 2.32. The van der Waals surface area contributed by atoms with E-state index in [4.69, 9.17) is 4.74 Å². The number of ether oxygens (including phenoxy) is 1. The Hall–Kier alpha value is -0.340. The molecule has 0 spiro atoms. The topological polar surface area (TPSA) is 29.5 Å². The predicted molar refractivity (Wildman–Crippen MR) is 53.4 cm³/mol. The molecule has 2 unspecified atom stereocenters. The largest absolute Gasteiger partial charge is 0.368 e. The molecule has 2 heteroatoms. The van der Waals surface area contributed by atoms with Gasteiger partial charge in [0.25, 0.3) is 0 Å². The van der Waals surface area contributed by atoms with Gasteiger partial charge in [-0.05, 0) is 40.0 Å². The Morgan fingerprint density at radius 3 is 2.77 bits per heavy atom. The van der Waals surface area contributed by atoms with Gasteiger partial charge >= 0.3 is 0 Å². The van der Waals surface area contributed by atoms with Gasteiger partial charge in [0, 0.05) is 6.42 Å². The summed E-state index contributed by atoms with van der Waals surface area (Å²) in [4.78, 5) is 0. The van der Waals surface area contributed by atoms with Crippen LogP contribution in [0.3, 0.4) is 0 Å². The average Bonchev–Trinajstić information content (AvgIpc) is 2.30. The van der Waals surface area contributed by atoms with Gasteiger partial charge in [-0.3, -0.25) is 0 Å². The van der Waals surface area contributed by atoms with E-state index in [2.05, 4.69) is 26.8 Å². The molecule has 0 saturated carbocycles. The number of rotatable bonds is 3. The molecule has 0 aliphatic carbocycles. The van der Waals surface area contributed by atoms with Crippen molar-refractivity contribution in [3.05, 3.63) is 11.6 Å². The van der Waals surface area contributed by atoms with E-state index in [9.17, 15) is 5.11 Å². The molecule has 0 amide bonds. The first kappa shape index (κ1) is 10.7. The van der Waals surface area contributed by atoms with Crippen molar-refractivity contribution >= 4 is 0 Å². The minimum absolute atomic E-state index is 0.0919.